The van der Waals surface area contributed by atoms with Crippen molar-refractivity contribution in [3.63, 3.8) is 0 Å². The SMILES string of the molecule is CC(COC(=O)N1CC=C(n2c(=O)[nH]c3ccccc32)CC1)N(Cc1ccccc1)Cc1ccccc1. The number of hydrogen-bond acceptors (Lipinski definition) is 4. The molecule has 0 spiro atoms. The summed E-state index contributed by atoms with van der Waals surface area (Å²) in [5.41, 5.74) is 4.84. The Labute approximate surface area is 216 Å². The van der Waals surface area contributed by atoms with Crippen LogP contribution < -0.4 is 5.69 Å². The summed E-state index contributed by atoms with van der Waals surface area (Å²) in [6.07, 6.45) is 2.20. The zero-order chi connectivity index (χ0) is 25.6. The lowest BCUT2D eigenvalue weighted by Crippen LogP contribution is -2.40. The molecule has 1 amide bonds. The van der Waals surface area contributed by atoms with Gasteiger partial charge in [-0.15, -0.1) is 0 Å². The summed E-state index contributed by atoms with van der Waals surface area (Å²) in [4.78, 5) is 32.3. The largest absolute Gasteiger partial charge is 0.448 e. The van der Waals surface area contributed by atoms with Gasteiger partial charge in [0.1, 0.15) is 6.61 Å². The number of imidazole rings is 1. The molecule has 0 fully saturated rings. The summed E-state index contributed by atoms with van der Waals surface area (Å²) in [6, 6.07) is 28.3. The maximum absolute atomic E-state index is 12.9. The van der Waals surface area contributed by atoms with Gasteiger partial charge >= 0.3 is 11.8 Å². The zero-order valence-corrected chi connectivity index (χ0v) is 21.0. The van der Waals surface area contributed by atoms with Crippen molar-refractivity contribution < 1.29 is 9.53 Å². The van der Waals surface area contributed by atoms with Crippen LogP contribution in [-0.2, 0) is 17.8 Å². The Kier molecular flexibility index (Phi) is 7.51. The summed E-state index contributed by atoms with van der Waals surface area (Å²) >= 11 is 0. The number of para-hydroxylation sites is 2. The monoisotopic (exact) mass is 496 g/mol. The van der Waals surface area contributed by atoms with Crippen LogP contribution in [0.1, 0.15) is 24.5 Å². The van der Waals surface area contributed by atoms with E-state index in [0.29, 0.717) is 26.1 Å². The number of hydrogen-bond donors (Lipinski definition) is 1. The first kappa shape index (κ1) is 24.6. The van der Waals surface area contributed by atoms with Gasteiger partial charge in [0.2, 0.25) is 0 Å². The van der Waals surface area contributed by atoms with Gasteiger partial charge in [-0.1, -0.05) is 72.8 Å². The Balaban J connectivity index is 1.21. The molecule has 0 saturated heterocycles. The summed E-state index contributed by atoms with van der Waals surface area (Å²) in [7, 11) is 0. The van der Waals surface area contributed by atoms with Gasteiger partial charge in [0, 0.05) is 44.3 Å². The average molecular weight is 497 g/mol. The molecule has 37 heavy (non-hydrogen) atoms. The highest BCUT2D eigenvalue weighted by molar-refractivity contribution is 5.79. The molecule has 5 rings (SSSR count). The molecule has 4 aromatic rings. The Morgan fingerprint density at radius 3 is 2.19 bits per heavy atom. The highest BCUT2D eigenvalue weighted by atomic mass is 16.6. The molecule has 1 aromatic heterocycles. The second kappa shape index (κ2) is 11.3. The number of ether oxygens (including phenoxy) is 1. The van der Waals surface area contributed by atoms with Crippen LogP contribution in [0, 0.1) is 0 Å². The number of carbonyl (C=O) groups excluding carboxylic acids is 1. The fourth-order valence-corrected chi connectivity index (χ4v) is 4.76. The van der Waals surface area contributed by atoms with Crippen molar-refractivity contribution in [2.24, 2.45) is 0 Å². The van der Waals surface area contributed by atoms with E-state index >= 15 is 0 Å². The van der Waals surface area contributed by atoms with E-state index in [-0.39, 0.29) is 17.8 Å². The predicted molar refractivity (Wildman–Crippen MR) is 146 cm³/mol. The van der Waals surface area contributed by atoms with Gasteiger partial charge < -0.3 is 14.6 Å². The van der Waals surface area contributed by atoms with E-state index in [1.165, 1.54) is 11.1 Å². The molecule has 1 aliphatic rings. The molecule has 3 aromatic carbocycles. The van der Waals surface area contributed by atoms with E-state index in [4.69, 9.17) is 4.74 Å². The van der Waals surface area contributed by atoms with E-state index in [2.05, 4.69) is 41.1 Å². The first-order valence-corrected chi connectivity index (χ1v) is 12.7. The number of H-pyrrole nitrogens is 1. The summed E-state index contributed by atoms with van der Waals surface area (Å²) in [6.45, 7) is 4.84. The van der Waals surface area contributed by atoms with Crippen LogP contribution in [-0.4, -0.2) is 51.2 Å². The van der Waals surface area contributed by atoms with E-state index in [1.54, 1.807) is 9.47 Å². The van der Waals surface area contributed by atoms with Crippen molar-refractivity contribution in [2.45, 2.75) is 32.5 Å². The van der Waals surface area contributed by atoms with Gasteiger partial charge in [-0.25, -0.2) is 9.59 Å². The first-order valence-electron chi connectivity index (χ1n) is 12.7. The molecule has 1 unspecified atom stereocenters. The molecule has 7 nitrogen and oxygen atoms in total. The van der Waals surface area contributed by atoms with Gasteiger partial charge in [-0.3, -0.25) is 9.47 Å². The molecule has 7 heteroatoms. The number of nitrogens with zero attached hydrogens (tertiary/aromatic N) is 3. The molecule has 0 saturated carbocycles. The van der Waals surface area contributed by atoms with Crippen molar-refractivity contribution in [2.75, 3.05) is 19.7 Å². The fourth-order valence-electron chi connectivity index (χ4n) is 4.76. The molecule has 190 valence electrons. The van der Waals surface area contributed by atoms with Crippen LogP contribution in [0.25, 0.3) is 16.7 Å². The first-order chi connectivity index (χ1) is 18.1. The molecule has 2 heterocycles. The number of amides is 1. The fraction of sp³-hybridized carbons (Fsp3) is 0.267. The van der Waals surface area contributed by atoms with E-state index in [9.17, 15) is 9.59 Å². The Morgan fingerprint density at radius 2 is 1.57 bits per heavy atom. The standard InChI is InChI=1S/C30H32N4O3/c1-23(33(20-24-10-4-2-5-11-24)21-25-12-6-3-7-13-25)22-37-30(36)32-18-16-26(17-19-32)34-28-15-9-8-14-27(28)31-29(34)35/h2-16,23H,17-22H2,1H3,(H,31,35). The van der Waals surface area contributed by atoms with Crippen molar-refractivity contribution in [3.8, 4) is 0 Å². The topological polar surface area (TPSA) is 70.6 Å². The number of aromatic amines is 1. The smallest absolute Gasteiger partial charge is 0.410 e. The quantitative estimate of drug-likeness (QED) is 0.368. The van der Waals surface area contributed by atoms with Gasteiger partial charge in [0.05, 0.1) is 11.0 Å². The van der Waals surface area contributed by atoms with Gasteiger partial charge in [0.25, 0.3) is 0 Å². The second-order valence-corrected chi connectivity index (χ2v) is 9.48. The van der Waals surface area contributed by atoms with Crippen LogP contribution in [0.2, 0.25) is 0 Å². The van der Waals surface area contributed by atoms with Gasteiger partial charge in [0.15, 0.2) is 0 Å². The van der Waals surface area contributed by atoms with Crippen LogP contribution in [0.5, 0.6) is 0 Å². The van der Waals surface area contributed by atoms with Crippen molar-refractivity contribution >= 4 is 22.8 Å². The number of nitrogens with one attached hydrogen (secondary N) is 1. The van der Waals surface area contributed by atoms with Crippen LogP contribution in [0.3, 0.4) is 0 Å². The van der Waals surface area contributed by atoms with Gasteiger partial charge in [-0.2, -0.15) is 0 Å². The van der Waals surface area contributed by atoms with Gasteiger partial charge in [-0.05, 0) is 36.3 Å². The lowest BCUT2D eigenvalue weighted by Gasteiger charge is -2.31. The Bertz CT molecular complexity index is 1380. The molecule has 1 N–H and O–H groups in total. The third-order valence-corrected chi connectivity index (χ3v) is 6.85. The van der Waals surface area contributed by atoms with Crippen molar-refractivity contribution in [1.29, 1.82) is 0 Å². The second-order valence-electron chi connectivity index (χ2n) is 9.48. The maximum atomic E-state index is 12.9. The van der Waals surface area contributed by atoms with E-state index in [0.717, 1.165) is 29.8 Å². The minimum absolute atomic E-state index is 0.0325. The number of fused-ring (bicyclic) bond motifs is 1. The summed E-state index contributed by atoms with van der Waals surface area (Å²) < 4.78 is 7.46. The minimum Gasteiger partial charge on any atom is -0.448 e. The highest BCUT2D eigenvalue weighted by Crippen LogP contribution is 2.21. The number of benzene rings is 3. The van der Waals surface area contributed by atoms with Crippen LogP contribution >= 0.6 is 0 Å². The lowest BCUT2D eigenvalue weighted by atomic mass is 10.1. The molecule has 0 bridgehead atoms. The summed E-state index contributed by atoms with van der Waals surface area (Å²) in [5, 5.41) is 0. The van der Waals surface area contributed by atoms with E-state index in [1.807, 2.05) is 66.7 Å². The molecule has 0 aliphatic carbocycles. The third kappa shape index (κ3) is 5.84. The number of carbonyl (C=O) groups is 1. The Hall–Kier alpha value is -4.10. The summed E-state index contributed by atoms with van der Waals surface area (Å²) in [5.74, 6) is 0. The average Bonchev–Trinajstić information content (AvgIpc) is 3.28. The molecule has 1 aliphatic heterocycles. The predicted octanol–water partition coefficient (Wildman–Crippen LogP) is 5.10. The maximum Gasteiger partial charge on any atom is 0.410 e. The van der Waals surface area contributed by atoms with E-state index < -0.39 is 0 Å². The van der Waals surface area contributed by atoms with Crippen LogP contribution in [0.4, 0.5) is 4.79 Å². The molecular weight excluding hydrogens is 464 g/mol. The van der Waals surface area contributed by atoms with Crippen molar-refractivity contribution in [1.82, 2.24) is 19.4 Å². The molecule has 1 atom stereocenters. The van der Waals surface area contributed by atoms with Crippen molar-refractivity contribution in [3.05, 3.63) is 113 Å². The lowest BCUT2D eigenvalue weighted by molar-refractivity contribution is 0.0661. The highest BCUT2D eigenvalue weighted by Gasteiger charge is 2.23. The third-order valence-electron chi connectivity index (χ3n) is 6.85. The number of aromatic nitrogens is 2. The van der Waals surface area contributed by atoms with Crippen LogP contribution in [0.15, 0.2) is 95.8 Å². The molecular formula is C30H32N4O3. The minimum atomic E-state index is -0.326. The molecule has 0 radical (unpaired) electrons. The number of rotatable bonds is 8. The Morgan fingerprint density at radius 1 is 0.946 bits per heavy atom. The normalized spacial score (nSPS) is 14.5. The zero-order valence-electron chi connectivity index (χ0n) is 21.0.